The second-order valence-electron chi connectivity index (χ2n) is 4.25. The van der Waals surface area contributed by atoms with Gasteiger partial charge in [0.15, 0.2) is 5.96 Å². The van der Waals surface area contributed by atoms with Crippen LogP contribution in [0.5, 0.6) is 0 Å². The van der Waals surface area contributed by atoms with Crippen LogP contribution in [0.15, 0.2) is 27.8 Å². The third-order valence-corrected chi connectivity index (χ3v) is 2.44. The Hall–Kier alpha value is -0.800. The first-order valence-electron chi connectivity index (χ1n) is 6.42. The number of halogens is 1. The summed E-state index contributed by atoms with van der Waals surface area (Å²) >= 11 is 0. The lowest BCUT2D eigenvalue weighted by molar-refractivity contribution is 0.158. The van der Waals surface area contributed by atoms with Gasteiger partial charge in [0.2, 0.25) is 0 Å². The molecule has 0 saturated carbocycles. The molecule has 0 spiro atoms. The summed E-state index contributed by atoms with van der Waals surface area (Å²) < 4.78 is 10.2. The van der Waals surface area contributed by atoms with Gasteiger partial charge in [-0.1, -0.05) is 0 Å². The fourth-order valence-electron chi connectivity index (χ4n) is 1.59. The second kappa shape index (κ2) is 10.9. The highest BCUT2D eigenvalue weighted by atomic mass is 127. The molecule has 0 aromatic carbocycles. The predicted octanol–water partition coefficient (Wildman–Crippen LogP) is 1.52. The Balaban J connectivity index is 0.00000361. The number of nitrogens with zero attached hydrogens (tertiary/aromatic N) is 1. The smallest absolute Gasteiger partial charge is 0.191 e. The molecule has 3 N–H and O–H groups in total. The molecule has 0 aliphatic rings. The number of hydrogen-bond donors (Lipinski definition) is 3. The number of guanidine groups is 1. The first kappa shape index (κ1) is 19.2. The zero-order valence-electron chi connectivity index (χ0n) is 12.1. The number of furan rings is 1. The molecule has 0 aliphatic carbocycles. The molecular weight excluding hydrogens is 373 g/mol. The average Bonchev–Trinajstić information content (AvgIpc) is 2.90. The van der Waals surface area contributed by atoms with Gasteiger partial charge in [-0.3, -0.25) is 4.99 Å². The number of aliphatic hydroxyl groups excluding tert-OH is 1. The van der Waals surface area contributed by atoms with E-state index < -0.39 is 6.10 Å². The van der Waals surface area contributed by atoms with E-state index in [2.05, 4.69) is 15.6 Å². The molecule has 1 rings (SSSR count). The van der Waals surface area contributed by atoms with Crippen molar-refractivity contribution in [2.75, 3.05) is 26.8 Å². The predicted molar refractivity (Wildman–Crippen MR) is 89.5 cm³/mol. The van der Waals surface area contributed by atoms with Gasteiger partial charge < -0.3 is 24.9 Å². The molecule has 0 fully saturated rings. The van der Waals surface area contributed by atoms with Gasteiger partial charge in [-0.2, -0.15) is 0 Å². The molecule has 20 heavy (non-hydrogen) atoms. The summed E-state index contributed by atoms with van der Waals surface area (Å²) in [5.41, 5.74) is 0. The van der Waals surface area contributed by atoms with Crippen molar-refractivity contribution in [2.45, 2.75) is 26.0 Å². The fourth-order valence-corrected chi connectivity index (χ4v) is 1.59. The van der Waals surface area contributed by atoms with E-state index in [1.54, 1.807) is 19.2 Å². The molecule has 6 nitrogen and oxygen atoms in total. The number of hydrogen-bond acceptors (Lipinski definition) is 4. The maximum atomic E-state index is 9.88. The van der Waals surface area contributed by atoms with Crippen molar-refractivity contribution in [1.29, 1.82) is 0 Å². The lowest BCUT2D eigenvalue weighted by Crippen LogP contribution is -2.44. The number of methoxy groups -OCH3 is 1. The highest BCUT2D eigenvalue weighted by Gasteiger charge is 2.10. The molecule has 1 aromatic heterocycles. The van der Waals surface area contributed by atoms with Crippen molar-refractivity contribution in [3.8, 4) is 0 Å². The molecule has 0 amide bonds. The summed E-state index contributed by atoms with van der Waals surface area (Å²) in [6, 6.07) is 3.61. The number of nitrogens with one attached hydrogen (secondary N) is 2. The SMILES string of the molecule is CCNC(=NCC(O)c1ccco1)NC(C)COC.I. The van der Waals surface area contributed by atoms with Crippen molar-refractivity contribution in [3.05, 3.63) is 24.2 Å². The molecule has 2 unspecified atom stereocenters. The topological polar surface area (TPSA) is 79.0 Å². The van der Waals surface area contributed by atoms with Crippen LogP contribution < -0.4 is 10.6 Å². The zero-order chi connectivity index (χ0) is 14.1. The van der Waals surface area contributed by atoms with Crippen LogP contribution in [0.3, 0.4) is 0 Å². The molecule has 0 aliphatic heterocycles. The first-order chi connectivity index (χ1) is 9.17. The van der Waals surface area contributed by atoms with Gasteiger partial charge in [-0.05, 0) is 26.0 Å². The van der Waals surface area contributed by atoms with Crippen LogP contribution in [0.1, 0.15) is 25.7 Å². The summed E-state index contributed by atoms with van der Waals surface area (Å²) in [4.78, 5) is 4.32. The van der Waals surface area contributed by atoms with Crippen LogP contribution in [0.25, 0.3) is 0 Å². The molecule has 1 heterocycles. The van der Waals surface area contributed by atoms with E-state index in [0.29, 0.717) is 18.3 Å². The van der Waals surface area contributed by atoms with E-state index in [9.17, 15) is 5.11 Å². The van der Waals surface area contributed by atoms with E-state index in [4.69, 9.17) is 9.15 Å². The first-order valence-corrected chi connectivity index (χ1v) is 6.42. The second-order valence-corrected chi connectivity index (χ2v) is 4.25. The summed E-state index contributed by atoms with van der Waals surface area (Å²) in [5, 5.41) is 16.2. The van der Waals surface area contributed by atoms with Gasteiger partial charge in [0, 0.05) is 19.7 Å². The summed E-state index contributed by atoms with van der Waals surface area (Å²) in [7, 11) is 1.66. The summed E-state index contributed by atoms with van der Waals surface area (Å²) in [6.07, 6.45) is 0.801. The highest BCUT2D eigenvalue weighted by molar-refractivity contribution is 14.0. The van der Waals surface area contributed by atoms with E-state index in [1.807, 2.05) is 13.8 Å². The lowest BCUT2D eigenvalue weighted by atomic mass is 10.3. The number of aliphatic hydroxyl groups is 1. The van der Waals surface area contributed by atoms with Gasteiger partial charge in [-0.25, -0.2) is 0 Å². The highest BCUT2D eigenvalue weighted by Crippen LogP contribution is 2.12. The van der Waals surface area contributed by atoms with Crippen molar-refractivity contribution < 1.29 is 14.3 Å². The van der Waals surface area contributed by atoms with Crippen LogP contribution in [-0.4, -0.2) is 43.9 Å². The van der Waals surface area contributed by atoms with Crippen molar-refractivity contribution in [2.24, 2.45) is 4.99 Å². The Morgan fingerprint density at radius 1 is 1.55 bits per heavy atom. The molecule has 0 saturated heterocycles. The van der Waals surface area contributed by atoms with E-state index in [0.717, 1.165) is 6.54 Å². The Bertz CT molecular complexity index is 371. The average molecular weight is 397 g/mol. The zero-order valence-corrected chi connectivity index (χ0v) is 14.5. The molecule has 1 aromatic rings. The van der Waals surface area contributed by atoms with Crippen LogP contribution in [0.2, 0.25) is 0 Å². The lowest BCUT2D eigenvalue weighted by Gasteiger charge is -2.17. The summed E-state index contributed by atoms with van der Waals surface area (Å²) in [6.45, 7) is 5.57. The van der Waals surface area contributed by atoms with Gasteiger partial charge in [0.25, 0.3) is 0 Å². The van der Waals surface area contributed by atoms with Gasteiger partial charge in [0.1, 0.15) is 11.9 Å². The monoisotopic (exact) mass is 397 g/mol. The largest absolute Gasteiger partial charge is 0.467 e. The van der Waals surface area contributed by atoms with Crippen molar-refractivity contribution in [1.82, 2.24) is 10.6 Å². The Morgan fingerprint density at radius 3 is 2.85 bits per heavy atom. The molecular formula is C13H24IN3O3. The Labute approximate surface area is 137 Å². The fraction of sp³-hybridized carbons (Fsp3) is 0.615. The third-order valence-electron chi connectivity index (χ3n) is 2.44. The van der Waals surface area contributed by atoms with Crippen LogP contribution >= 0.6 is 24.0 Å². The van der Waals surface area contributed by atoms with E-state index in [1.165, 1.54) is 6.26 Å². The van der Waals surface area contributed by atoms with E-state index in [-0.39, 0.29) is 36.6 Å². The summed E-state index contributed by atoms with van der Waals surface area (Å²) in [5.74, 6) is 1.17. The molecule has 116 valence electrons. The maximum absolute atomic E-state index is 9.88. The molecule has 0 bridgehead atoms. The number of aliphatic imine (C=N–C) groups is 1. The number of ether oxygens (including phenoxy) is 1. The van der Waals surface area contributed by atoms with Crippen LogP contribution in [0.4, 0.5) is 0 Å². The van der Waals surface area contributed by atoms with E-state index >= 15 is 0 Å². The Kier molecular flexibility index (Phi) is 10.5. The van der Waals surface area contributed by atoms with Crippen LogP contribution in [-0.2, 0) is 4.74 Å². The standard InChI is InChI=1S/C13H23N3O3.HI/c1-4-14-13(16-10(2)9-18-3)15-8-11(17)12-6-5-7-19-12;/h5-7,10-11,17H,4,8-9H2,1-3H3,(H2,14,15,16);1H. The van der Waals surface area contributed by atoms with Gasteiger partial charge in [0.05, 0.1) is 19.4 Å². The molecule has 7 heteroatoms. The van der Waals surface area contributed by atoms with Gasteiger partial charge >= 0.3 is 0 Å². The minimum Gasteiger partial charge on any atom is -0.467 e. The molecule has 2 atom stereocenters. The van der Waals surface area contributed by atoms with Crippen LogP contribution in [0, 0.1) is 0 Å². The minimum absolute atomic E-state index is 0. The molecule has 0 radical (unpaired) electrons. The quantitative estimate of drug-likeness (QED) is 0.370. The maximum Gasteiger partial charge on any atom is 0.191 e. The van der Waals surface area contributed by atoms with Crippen molar-refractivity contribution in [3.63, 3.8) is 0 Å². The normalized spacial score (nSPS) is 14.3. The van der Waals surface area contributed by atoms with Gasteiger partial charge in [-0.15, -0.1) is 24.0 Å². The Morgan fingerprint density at radius 2 is 2.30 bits per heavy atom. The third kappa shape index (κ3) is 7.11. The van der Waals surface area contributed by atoms with Crippen molar-refractivity contribution >= 4 is 29.9 Å². The number of rotatable bonds is 7. The minimum atomic E-state index is -0.733.